The second-order valence-corrected chi connectivity index (χ2v) is 3.50. The first-order valence-electron chi connectivity index (χ1n) is 5.11. The van der Waals surface area contributed by atoms with Crippen LogP contribution in [-0.2, 0) is 4.79 Å². The number of esters is 1. The van der Waals surface area contributed by atoms with E-state index in [9.17, 15) is 4.79 Å². The maximum atomic E-state index is 11.5. The molecule has 1 rings (SSSR count). The van der Waals surface area contributed by atoms with E-state index in [0.29, 0.717) is 5.75 Å². The van der Waals surface area contributed by atoms with Crippen LogP contribution in [0.1, 0.15) is 25.8 Å². The number of hydrogen-bond donors (Lipinski definition) is 0. The molecule has 2 nitrogen and oxygen atoms in total. The van der Waals surface area contributed by atoms with Crippen LogP contribution in [-0.4, -0.2) is 5.97 Å². The SMILES string of the molecule is C=Cc1ccc(OC(=O)C(C)CC)cc1. The van der Waals surface area contributed by atoms with E-state index in [4.69, 9.17) is 4.74 Å². The number of hydrogen-bond acceptors (Lipinski definition) is 2. The minimum Gasteiger partial charge on any atom is -0.426 e. The second-order valence-electron chi connectivity index (χ2n) is 3.50. The monoisotopic (exact) mass is 204 g/mol. The third-order valence-electron chi connectivity index (χ3n) is 2.35. The number of carbonyl (C=O) groups is 1. The third-order valence-corrected chi connectivity index (χ3v) is 2.35. The summed E-state index contributed by atoms with van der Waals surface area (Å²) in [5.74, 6) is 0.360. The summed E-state index contributed by atoms with van der Waals surface area (Å²) in [6.45, 7) is 7.48. The molecule has 0 aliphatic heterocycles. The summed E-state index contributed by atoms with van der Waals surface area (Å²) < 4.78 is 5.19. The van der Waals surface area contributed by atoms with Crippen molar-refractivity contribution in [1.29, 1.82) is 0 Å². The van der Waals surface area contributed by atoms with Crippen LogP contribution >= 0.6 is 0 Å². The van der Waals surface area contributed by atoms with Crippen molar-refractivity contribution in [3.05, 3.63) is 36.4 Å². The van der Waals surface area contributed by atoms with Gasteiger partial charge in [-0.3, -0.25) is 4.79 Å². The smallest absolute Gasteiger partial charge is 0.314 e. The molecule has 0 saturated carbocycles. The molecule has 80 valence electrons. The summed E-state index contributed by atoms with van der Waals surface area (Å²) in [5.41, 5.74) is 1.01. The van der Waals surface area contributed by atoms with E-state index < -0.39 is 0 Å². The Kier molecular flexibility index (Phi) is 4.10. The summed E-state index contributed by atoms with van der Waals surface area (Å²) in [6.07, 6.45) is 2.55. The Balaban J connectivity index is 2.65. The van der Waals surface area contributed by atoms with Gasteiger partial charge >= 0.3 is 5.97 Å². The molecule has 0 fully saturated rings. The topological polar surface area (TPSA) is 26.3 Å². The molecule has 0 radical (unpaired) electrons. The predicted molar refractivity (Wildman–Crippen MR) is 61.6 cm³/mol. The van der Waals surface area contributed by atoms with Crippen molar-refractivity contribution in [2.75, 3.05) is 0 Å². The van der Waals surface area contributed by atoms with E-state index in [1.54, 1.807) is 18.2 Å². The van der Waals surface area contributed by atoms with Gasteiger partial charge in [0.1, 0.15) is 5.75 Å². The lowest BCUT2D eigenvalue weighted by molar-refractivity contribution is -0.138. The first-order valence-corrected chi connectivity index (χ1v) is 5.11. The van der Waals surface area contributed by atoms with E-state index in [1.807, 2.05) is 26.0 Å². The maximum Gasteiger partial charge on any atom is 0.314 e. The highest BCUT2D eigenvalue weighted by atomic mass is 16.5. The lowest BCUT2D eigenvalue weighted by Crippen LogP contribution is -2.16. The van der Waals surface area contributed by atoms with Gasteiger partial charge in [0.05, 0.1) is 5.92 Å². The van der Waals surface area contributed by atoms with Crippen LogP contribution in [0, 0.1) is 5.92 Å². The Hall–Kier alpha value is -1.57. The largest absolute Gasteiger partial charge is 0.426 e. The van der Waals surface area contributed by atoms with Crippen molar-refractivity contribution in [3.63, 3.8) is 0 Å². The molecule has 0 aromatic heterocycles. The Morgan fingerprint density at radius 1 is 1.47 bits per heavy atom. The van der Waals surface area contributed by atoms with Gasteiger partial charge in [-0.15, -0.1) is 0 Å². The first kappa shape index (κ1) is 11.5. The molecule has 0 saturated heterocycles. The van der Waals surface area contributed by atoms with Gasteiger partial charge in [0, 0.05) is 0 Å². The van der Waals surface area contributed by atoms with Gasteiger partial charge in [0.2, 0.25) is 0 Å². The molecule has 0 heterocycles. The van der Waals surface area contributed by atoms with Gasteiger partial charge < -0.3 is 4.74 Å². The second kappa shape index (κ2) is 5.35. The average molecular weight is 204 g/mol. The minimum atomic E-state index is -0.177. The van der Waals surface area contributed by atoms with Crippen LogP contribution < -0.4 is 4.74 Å². The zero-order valence-electron chi connectivity index (χ0n) is 9.19. The Labute approximate surface area is 90.6 Å². The van der Waals surface area contributed by atoms with E-state index in [0.717, 1.165) is 12.0 Å². The van der Waals surface area contributed by atoms with Gasteiger partial charge in [0.25, 0.3) is 0 Å². The van der Waals surface area contributed by atoms with Crippen LogP contribution in [0.4, 0.5) is 0 Å². The molecular formula is C13H16O2. The number of rotatable bonds is 4. The minimum absolute atomic E-state index is 0.0518. The van der Waals surface area contributed by atoms with Gasteiger partial charge in [-0.05, 0) is 24.1 Å². The number of carbonyl (C=O) groups excluding carboxylic acids is 1. The van der Waals surface area contributed by atoms with Crippen LogP contribution in [0.5, 0.6) is 5.75 Å². The highest BCUT2D eigenvalue weighted by molar-refractivity contribution is 5.74. The zero-order chi connectivity index (χ0) is 11.3. The Morgan fingerprint density at radius 3 is 2.53 bits per heavy atom. The molecule has 15 heavy (non-hydrogen) atoms. The molecule has 0 spiro atoms. The van der Waals surface area contributed by atoms with E-state index >= 15 is 0 Å². The van der Waals surface area contributed by atoms with Crippen molar-refractivity contribution in [3.8, 4) is 5.75 Å². The summed E-state index contributed by atoms with van der Waals surface area (Å²) in [6, 6.07) is 7.28. The summed E-state index contributed by atoms with van der Waals surface area (Å²) in [7, 11) is 0. The Morgan fingerprint density at radius 2 is 2.07 bits per heavy atom. The van der Waals surface area contributed by atoms with Crippen LogP contribution in [0.25, 0.3) is 6.08 Å². The third kappa shape index (κ3) is 3.24. The number of benzene rings is 1. The first-order chi connectivity index (χ1) is 7.17. The van der Waals surface area contributed by atoms with E-state index in [-0.39, 0.29) is 11.9 Å². The quantitative estimate of drug-likeness (QED) is 0.555. The maximum absolute atomic E-state index is 11.5. The van der Waals surface area contributed by atoms with Crippen molar-refractivity contribution in [2.45, 2.75) is 20.3 Å². The van der Waals surface area contributed by atoms with E-state index in [2.05, 4.69) is 6.58 Å². The lowest BCUT2D eigenvalue weighted by atomic mass is 10.1. The average Bonchev–Trinajstić information content (AvgIpc) is 2.29. The molecule has 0 N–H and O–H groups in total. The van der Waals surface area contributed by atoms with Crippen molar-refractivity contribution in [1.82, 2.24) is 0 Å². The van der Waals surface area contributed by atoms with Gasteiger partial charge in [0.15, 0.2) is 0 Å². The molecule has 0 aliphatic rings. The highest BCUT2D eigenvalue weighted by Crippen LogP contribution is 2.15. The lowest BCUT2D eigenvalue weighted by Gasteiger charge is -2.08. The van der Waals surface area contributed by atoms with Crippen LogP contribution in [0.2, 0.25) is 0 Å². The van der Waals surface area contributed by atoms with Gasteiger partial charge in [-0.1, -0.05) is 38.6 Å². The standard InChI is InChI=1S/C13H16O2/c1-4-10(3)13(14)15-12-8-6-11(5-2)7-9-12/h5-10H,2,4H2,1,3H3. The summed E-state index contributed by atoms with van der Waals surface area (Å²) in [5, 5.41) is 0. The molecule has 0 aliphatic carbocycles. The van der Waals surface area contributed by atoms with Gasteiger partial charge in [-0.2, -0.15) is 0 Å². The molecule has 2 heteroatoms. The highest BCUT2D eigenvalue weighted by Gasteiger charge is 2.12. The number of ether oxygens (including phenoxy) is 1. The van der Waals surface area contributed by atoms with Crippen LogP contribution in [0.15, 0.2) is 30.8 Å². The molecular weight excluding hydrogens is 188 g/mol. The molecule has 0 bridgehead atoms. The molecule has 0 amide bonds. The normalized spacial score (nSPS) is 11.9. The predicted octanol–water partition coefficient (Wildman–Crippen LogP) is 3.28. The van der Waals surface area contributed by atoms with Gasteiger partial charge in [-0.25, -0.2) is 0 Å². The zero-order valence-corrected chi connectivity index (χ0v) is 9.19. The fraction of sp³-hybridized carbons (Fsp3) is 0.308. The molecule has 1 aromatic rings. The molecule has 1 aromatic carbocycles. The van der Waals surface area contributed by atoms with Crippen molar-refractivity contribution in [2.24, 2.45) is 5.92 Å². The fourth-order valence-electron chi connectivity index (χ4n) is 1.06. The molecule has 1 unspecified atom stereocenters. The van der Waals surface area contributed by atoms with Crippen molar-refractivity contribution >= 4 is 12.0 Å². The fourth-order valence-corrected chi connectivity index (χ4v) is 1.06. The summed E-state index contributed by atoms with van der Waals surface area (Å²) >= 11 is 0. The summed E-state index contributed by atoms with van der Waals surface area (Å²) in [4.78, 5) is 11.5. The molecule has 1 atom stereocenters. The van der Waals surface area contributed by atoms with Crippen LogP contribution in [0.3, 0.4) is 0 Å². The van der Waals surface area contributed by atoms with Crippen molar-refractivity contribution < 1.29 is 9.53 Å². The van der Waals surface area contributed by atoms with E-state index in [1.165, 1.54) is 0 Å². The Bertz CT molecular complexity index is 338.